The monoisotopic (exact) mass is 343 g/mol. The Morgan fingerprint density at radius 3 is 2.64 bits per heavy atom. The second-order valence-corrected chi connectivity index (χ2v) is 6.76. The molecule has 2 aromatic rings. The Labute approximate surface area is 135 Å². The van der Waals surface area contributed by atoms with Gasteiger partial charge >= 0.3 is 0 Å². The summed E-state index contributed by atoms with van der Waals surface area (Å²) in [6, 6.07) is 6.86. The van der Waals surface area contributed by atoms with Crippen molar-refractivity contribution >= 4 is 21.6 Å². The van der Waals surface area contributed by atoms with Gasteiger partial charge < -0.3 is 9.30 Å². The van der Waals surface area contributed by atoms with Gasteiger partial charge in [0, 0.05) is 12.6 Å². The van der Waals surface area contributed by atoms with E-state index in [-0.39, 0.29) is 10.2 Å². The molecule has 1 N–H and O–H groups in total. The zero-order chi connectivity index (χ0) is 16.3. The first-order valence-electron chi connectivity index (χ1n) is 6.72. The zero-order valence-corrected chi connectivity index (χ0v) is 14.1. The minimum atomic E-state index is -3.82. The number of aryl methyl sites for hydroxylation is 1. The van der Waals surface area contributed by atoms with E-state index in [0.29, 0.717) is 12.2 Å². The number of methoxy groups -OCH3 is 1. The van der Waals surface area contributed by atoms with Crippen LogP contribution in [-0.4, -0.2) is 25.1 Å². The third-order valence-electron chi connectivity index (χ3n) is 3.31. The molecule has 8 heteroatoms. The molecule has 1 atom stereocenters. The summed E-state index contributed by atoms with van der Waals surface area (Å²) >= 11 is 5.98. The Kier molecular flexibility index (Phi) is 5.10. The number of sulfonamides is 1. The summed E-state index contributed by atoms with van der Waals surface area (Å²) in [6.07, 6.45) is 1.92. The Hall–Kier alpha value is -1.57. The van der Waals surface area contributed by atoms with Crippen molar-refractivity contribution in [3.05, 3.63) is 41.3 Å². The van der Waals surface area contributed by atoms with Gasteiger partial charge in [-0.2, -0.15) is 0 Å². The number of benzene rings is 1. The quantitative estimate of drug-likeness (QED) is 0.874. The number of nitrogens with zero attached hydrogens (tertiary/aromatic N) is 2. The van der Waals surface area contributed by atoms with E-state index in [1.807, 2.05) is 25.1 Å². The lowest BCUT2D eigenvalue weighted by atomic mass is 10.0. The predicted octanol–water partition coefficient (Wildman–Crippen LogP) is 2.51. The molecule has 6 nitrogen and oxygen atoms in total. The summed E-state index contributed by atoms with van der Waals surface area (Å²) in [4.78, 5) is 3.86. The average Bonchev–Trinajstić information content (AvgIpc) is 2.85. The first kappa shape index (κ1) is 16.8. The van der Waals surface area contributed by atoms with Crippen LogP contribution in [0, 0.1) is 0 Å². The molecular formula is C14H18ClN3O3S. The van der Waals surface area contributed by atoms with Gasteiger partial charge in [0.2, 0.25) is 5.03 Å². The lowest BCUT2D eigenvalue weighted by Gasteiger charge is -2.19. The maximum Gasteiger partial charge on any atom is 0.261 e. The normalized spacial score (nSPS) is 13.1. The number of aromatic nitrogens is 2. The molecule has 0 aliphatic rings. The minimum absolute atomic E-state index is 0.0716. The molecule has 0 bridgehead atoms. The van der Waals surface area contributed by atoms with Crippen LogP contribution in [0.25, 0.3) is 0 Å². The second kappa shape index (κ2) is 6.68. The van der Waals surface area contributed by atoms with Gasteiger partial charge in [0.25, 0.3) is 10.0 Å². The van der Waals surface area contributed by atoms with Crippen molar-refractivity contribution in [3.8, 4) is 5.75 Å². The number of nitrogens with one attached hydrogen (secondary N) is 1. The van der Waals surface area contributed by atoms with Crippen molar-refractivity contribution < 1.29 is 13.2 Å². The lowest BCUT2D eigenvalue weighted by molar-refractivity contribution is 0.402. The molecule has 0 aliphatic carbocycles. The second-order valence-electron chi connectivity index (χ2n) is 4.78. The van der Waals surface area contributed by atoms with E-state index < -0.39 is 16.1 Å². The van der Waals surface area contributed by atoms with E-state index in [4.69, 9.17) is 16.3 Å². The van der Waals surface area contributed by atoms with E-state index in [0.717, 1.165) is 5.56 Å². The van der Waals surface area contributed by atoms with Crippen LogP contribution in [0.4, 0.5) is 0 Å². The van der Waals surface area contributed by atoms with Crippen LogP contribution < -0.4 is 9.46 Å². The first-order chi connectivity index (χ1) is 10.4. The highest BCUT2D eigenvalue weighted by Gasteiger charge is 2.27. The van der Waals surface area contributed by atoms with E-state index in [1.165, 1.54) is 10.9 Å². The molecule has 1 heterocycles. The van der Waals surface area contributed by atoms with Crippen molar-refractivity contribution in [1.29, 1.82) is 0 Å². The number of halogens is 1. The lowest BCUT2D eigenvalue weighted by Crippen LogP contribution is -2.29. The van der Waals surface area contributed by atoms with E-state index in [2.05, 4.69) is 9.71 Å². The summed E-state index contributed by atoms with van der Waals surface area (Å²) < 4.78 is 34.4. The van der Waals surface area contributed by atoms with Crippen LogP contribution in [0.1, 0.15) is 24.9 Å². The topological polar surface area (TPSA) is 73.2 Å². The number of rotatable bonds is 6. The zero-order valence-electron chi connectivity index (χ0n) is 12.6. The number of imidazole rings is 1. The van der Waals surface area contributed by atoms with Gasteiger partial charge in [0.1, 0.15) is 10.9 Å². The van der Waals surface area contributed by atoms with Gasteiger partial charge in [-0.3, -0.25) is 0 Å². The Balaban J connectivity index is 2.36. The van der Waals surface area contributed by atoms with Crippen LogP contribution in [0.3, 0.4) is 0 Å². The fourth-order valence-corrected chi connectivity index (χ4v) is 3.87. The standard InChI is InChI=1S/C14H18ClN3O3S/c1-4-11(10-7-5-6-8-12(10)21-3)17-22(19,20)14-13(15)18(2)9-16-14/h5-9,11,17H,4H2,1-3H3/t11-/m0/s1. The third-order valence-corrected chi connectivity index (χ3v) is 5.27. The first-order valence-corrected chi connectivity index (χ1v) is 8.58. The van der Waals surface area contributed by atoms with E-state index in [9.17, 15) is 8.42 Å². The molecule has 0 saturated heterocycles. The highest BCUT2D eigenvalue weighted by molar-refractivity contribution is 7.89. The molecule has 2 rings (SSSR count). The number of ether oxygens (including phenoxy) is 1. The Morgan fingerprint density at radius 2 is 2.09 bits per heavy atom. The molecule has 0 amide bonds. The number of hydrogen-bond donors (Lipinski definition) is 1. The molecule has 1 aromatic heterocycles. The summed E-state index contributed by atoms with van der Waals surface area (Å²) in [7, 11) is -0.642. The van der Waals surface area contributed by atoms with Gasteiger partial charge in [0.15, 0.2) is 0 Å². The van der Waals surface area contributed by atoms with Crippen LogP contribution in [0.15, 0.2) is 35.6 Å². The van der Waals surface area contributed by atoms with Crippen molar-refractivity contribution in [2.45, 2.75) is 24.4 Å². The largest absolute Gasteiger partial charge is 0.496 e. The van der Waals surface area contributed by atoms with Crippen LogP contribution >= 0.6 is 11.6 Å². The fraction of sp³-hybridized carbons (Fsp3) is 0.357. The number of hydrogen-bond acceptors (Lipinski definition) is 4. The highest BCUT2D eigenvalue weighted by Crippen LogP contribution is 2.29. The molecule has 0 unspecified atom stereocenters. The fourth-order valence-electron chi connectivity index (χ4n) is 2.14. The molecule has 0 spiro atoms. The average molecular weight is 344 g/mol. The van der Waals surface area contributed by atoms with Crippen LogP contribution in [0.2, 0.25) is 5.15 Å². The van der Waals surface area contributed by atoms with Crippen molar-refractivity contribution in [2.75, 3.05) is 7.11 Å². The molecule has 1 aromatic carbocycles. The molecule has 0 fully saturated rings. The minimum Gasteiger partial charge on any atom is -0.496 e. The van der Waals surface area contributed by atoms with Gasteiger partial charge in [0.05, 0.1) is 19.5 Å². The summed E-state index contributed by atoms with van der Waals surface area (Å²) in [5, 5.41) is -0.104. The van der Waals surface area contributed by atoms with E-state index in [1.54, 1.807) is 20.2 Å². The number of para-hydroxylation sites is 1. The maximum atomic E-state index is 12.5. The van der Waals surface area contributed by atoms with Crippen LogP contribution in [-0.2, 0) is 17.1 Å². The molecular weight excluding hydrogens is 326 g/mol. The summed E-state index contributed by atoms with van der Waals surface area (Å²) in [6.45, 7) is 1.89. The Bertz CT molecular complexity index is 758. The maximum absolute atomic E-state index is 12.5. The van der Waals surface area contributed by atoms with Crippen molar-refractivity contribution in [1.82, 2.24) is 14.3 Å². The predicted molar refractivity (Wildman–Crippen MR) is 84.6 cm³/mol. The van der Waals surface area contributed by atoms with E-state index >= 15 is 0 Å². The van der Waals surface area contributed by atoms with Gasteiger partial charge in [-0.25, -0.2) is 18.1 Å². The van der Waals surface area contributed by atoms with Crippen molar-refractivity contribution in [3.63, 3.8) is 0 Å². The van der Waals surface area contributed by atoms with Gasteiger partial charge in [-0.15, -0.1) is 0 Å². The summed E-state index contributed by atoms with van der Waals surface area (Å²) in [5.41, 5.74) is 0.767. The van der Waals surface area contributed by atoms with Gasteiger partial charge in [-0.05, 0) is 12.5 Å². The molecule has 0 aliphatic heterocycles. The summed E-state index contributed by atoms with van der Waals surface area (Å²) in [5.74, 6) is 0.629. The van der Waals surface area contributed by atoms with Gasteiger partial charge in [-0.1, -0.05) is 36.7 Å². The molecule has 22 heavy (non-hydrogen) atoms. The highest BCUT2D eigenvalue weighted by atomic mass is 35.5. The third kappa shape index (κ3) is 3.26. The Morgan fingerprint density at radius 1 is 1.41 bits per heavy atom. The van der Waals surface area contributed by atoms with Crippen LogP contribution in [0.5, 0.6) is 5.75 Å². The SMILES string of the molecule is CC[C@H](NS(=O)(=O)c1ncn(C)c1Cl)c1ccccc1OC. The molecule has 120 valence electrons. The smallest absolute Gasteiger partial charge is 0.261 e. The molecule has 0 saturated carbocycles. The van der Waals surface area contributed by atoms with Crippen molar-refractivity contribution in [2.24, 2.45) is 7.05 Å². The molecule has 0 radical (unpaired) electrons.